The summed E-state index contributed by atoms with van der Waals surface area (Å²) >= 11 is 7.77. The fourth-order valence-corrected chi connectivity index (χ4v) is 7.32. The number of hydrogen-bond acceptors (Lipinski definition) is 4. The molecule has 2 aliphatic rings. The van der Waals surface area contributed by atoms with Crippen LogP contribution in [0, 0.1) is 0 Å². The van der Waals surface area contributed by atoms with Gasteiger partial charge in [0, 0.05) is 41.6 Å². The van der Waals surface area contributed by atoms with E-state index in [1.807, 2.05) is 35.7 Å². The predicted octanol–water partition coefficient (Wildman–Crippen LogP) is 7.41. The molecule has 0 amide bonds. The molecule has 0 bridgehead atoms. The largest absolute Gasteiger partial charge is 0.485 e. The number of imidazole rings is 1. The van der Waals surface area contributed by atoms with E-state index in [-0.39, 0.29) is 25.0 Å². The first-order valence-electron chi connectivity index (χ1n) is 12.7. The van der Waals surface area contributed by atoms with Crippen LogP contribution in [0.15, 0.2) is 54.0 Å². The summed E-state index contributed by atoms with van der Waals surface area (Å²) in [4.78, 5) is 9.65. The van der Waals surface area contributed by atoms with Gasteiger partial charge in [-0.25, -0.2) is 18.5 Å². The maximum Gasteiger partial charge on any atom is 0.485 e. The number of nitrogens with zero attached hydrogens (tertiary/aromatic N) is 4. The second-order valence-electron chi connectivity index (χ2n) is 9.93. The minimum atomic E-state index is -4.73. The van der Waals surface area contributed by atoms with Gasteiger partial charge in [0.2, 0.25) is 11.0 Å². The van der Waals surface area contributed by atoms with E-state index in [4.69, 9.17) is 16.6 Å². The van der Waals surface area contributed by atoms with Crippen LogP contribution < -0.4 is 0 Å². The van der Waals surface area contributed by atoms with Crippen molar-refractivity contribution < 1.29 is 17.4 Å². The number of alkyl halides is 3. The molecule has 2 unspecified atom stereocenters. The number of hydrogen-bond donors (Lipinski definition) is 0. The third-order valence-electron chi connectivity index (χ3n) is 7.67. The molecule has 1 aliphatic carbocycles. The van der Waals surface area contributed by atoms with Crippen LogP contribution in [0.4, 0.5) is 13.2 Å². The van der Waals surface area contributed by atoms with Crippen molar-refractivity contribution >= 4 is 45.0 Å². The topological polar surface area (TPSA) is 51.0 Å². The molecule has 2 aromatic heterocycles. The molecule has 5 nitrogen and oxygen atoms in total. The zero-order chi connectivity index (χ0) is 26.4. The molecule has 6 rings (SSSR count). The van der Waals surface area contributed by atoms with Gasteiger partial charge in [-0.1, -0.05) is 36.2 Å². The molecule has 2 fully saturated rings. The Bertz CT molecular complexity index is 1440. The maximum atomic E-state index is 13.1. The van der Waals surface area contributed by atoms with Crippen LogP contribution in [0.25, 0.3) is 11.0 Å². The molecular formula is C27H26ClF3N4OS2. The molecule has 0 N–H and O–H groups in total. The zero-order valence-corrected chi connectivity index (χ0v) is 22.8. The van der Waals surface area contributed by atoms with Gasteiger partial charge in [0.05, 0.1) is 17.0 Å². The minimum Gasteiger partial charge on any atom is -0.325 e. The summed E-state index contributed by atoms with van der Waals surface area (Å²) in [6.07, 6.45) is 6.08. The molecule has 11 heteroatoms. The summed E-state index contributed by atoms with van der Waals surface area (Å²) in [5, 5.41) is 3.61. The summed E-state index contributed by atoms with van der Waals surface area (Å²) in [6.45, 7) is 0.263. The van der Waals surface area contributed by atoms with Crippen LogP contribution in [0.3, 0.4) is 0 Å². The Morgan fingerprint density at radius 3 is 2.34 bits per heavy atom. The van der Waals surface area contributed by atoms with Crippen molar-refractivity contribution in [1.29, 1.82) is 0 Å². The van der Waals surface area contributed by atoms with E-state index in [0.29, 0.717) is 23.8 Å². The average molecular weight is 579 g/mol. The van der Waals surface area contributed by atoms with Crippen molar-refractivity contribution in [2.75, 3.05) is 13.1 Å². The monoisotopic (exact) mass is 578 g/mol. The first kappa shape index (κ1) is 26.0. The summed E-state index contributed by atoms with van der Waals surface area (Å²) in [7, 11) is -2.97. The first-order valence-corrected chi connectivity index (χ1v) is 15.1. The van der Waals surface area contributed by atoms with Crippen LogP contribution >= 0.6 is 22.9 Å². The minimum absolute atomic E-state index is 0.00109. The lowest BCUT2D eigenvalue weighted by molar-refractivity contribution is -0.0434. The first-order chi connectivity index (χ1) is 18.3. The van der Waals surface area contributed by atoms with Crippen molar-refractivity contribution in [2.45, 2.75) is 55.5 Å². The molecule has 0 radical (unpaired) electrons. The maximum absolute atomic E-state index is 13.1. The van der Waals surface area contributed by atoms with Crippen molar-refractivity contribution in [3.8, 4) is 0 Å². The molecule has 0 spiro atoms. The van der Waals surface area contributed by atoms with Crippen LogP contribution in [0.5, 0.6) is 0 Å². The number of aromatic nitrogens is 3. The molecule has 1 saturated carbocycles. The van der Waals surface area contributed by atoms with E-state index < -0.39 is 16.5 Å². The molecule has 200 valence electrons. The summed E-state index contributed by atoms with van der Waals surface area (Å²) in [5.74, 6) is 1.30. The van der Waals surface area contributed by atoms with Gasteiger partial charge in [0.15, 0.2) is 0 Å². The lowest BCUT2D eigenvalue weighted by Gasteiger charge is -2.35. The van der Waals surface area contributed by atoms with E-state index in [1.165, 1.54) is 0 Å². The highest BCUT2D eigenvalue weighted by atomic mass is 35.5. The number of piperidine rings is 1. The Kier molecular flexibility index (Phi) is 7.09. The van der Waals surface area contributed by atoms with Gasteiger partial charge in [-0.3, -0.25) is 0 Å². The highest BCUT2D eigenvalue weighted by Crippen LogP contribution is 2.42. The molecule has 38 heavy (non-hydrogen) atoms. The predicted molar refractivity (Wildman–Crippen MR) is 145 cm³/mol. The number of thiazole rings is 1. The van der Waals surface area contributed by atoms with Crippen molar-refractivity contribution in [1.82, 2.24) is 18.8 Å². The number of fused-ring (bicyclic) bond motifs is 1. The average Bonchev–Trinajstić information content (AvgIpc) is 3.52. The Balaban J connectivity index is 1.40. The van der Waals surface area contributed by atoms with E-state index in [1.54, 1.807) is 17.5 Å². The summed E-state index contributed by atoms with van der Waals surface area (Å²) in [5.41, 5.74) is -0.683. The number of rotatable bonds is 6. The zero-order valence-electron chi connectivity index (χ0n) is 20.4. The van der Waals surface area contributed by atoms with E-state index in [2.05, 4.69) is 21.7 Å². The van der Waals surface area contributed by atoms with Gasteiger partial charge >= 0.3 is 5.51 Å². The van der Waals surface area contributed by atoms with Crippen LogP contribution in [0.1, 0.15) is 71.9 Å². The second-order valence-corrected chi connectivity index (χ2v) is 12.8. The van der Waals surface area contributed by atoms with Gasteiger partial charge in [0.25, 0.3) is 0 Å². The molecule has 1 aliphatic heterocycles. The Hall–Kier alpha value is -2.27. The van der Waals surface area contributed by atoms with E-state index in [9.17, 15) is 17.4 Å². The molecule has 3 heterocycles. The number of halogens is 4. The highest BCUT2D eigenvalue weighted by Gasteiger charge is 2.43. The van der Waals surface area contributed by atoms with Gasteiger partial charge in [-0.2, -0.15) is 13.2 Å². The fraction of sp³-hybridized carbons (Fsp3) is 0.407. The Morgan fingerprint density at radius 2 is 1.74 bits per heavy atom. The summed E-state index contributed by atoms with van der Waals surface area (Å²) in [6, 6.07) is 14.1. The lowest BCUT2D eigenvalue weighted by atomic mass is 9.84. The smallest absolute Gasteiger partial charge is 0.325 e. The SMILES string of the molecule is O=S(N1CCC(n2c(C3CCC3)nc3ccc(C(c4ccc(Cl)cc4)c4nccs4)cc32)CC1)C(F)(F)F. The van der Waals surface area contributed by atoms with E-state index in [0.717, 1.165) is 56.6 Å². The standard InChI is InChI=1S/C27H26ClF3N4OS2/c28-20-7-4-17(5-8-20)24(26-32-12-15-37-26)19-6-9-22-23(16-19)35(25(33-22)18-2-1-3-18)21-10-13-34(14-11-21)38(36)27(29,30)31/h4-9,12,15-16,18,21,24H,1-3,10-11,13-14H2. The van der Waals surface area contributed by atoms with E-state index >= 15 is 0 Å². The van der Waals surface area contributed by atoms with Gasteiger partial charge in [-0.05, 0) is 61.1 Å². The van der Waals surface area contributed by atoms with Gasteiger partial charge in [-0.15, -0.1) is 11.3 Å². The fourth-order valence-electron chi connectivity index (χ4n) is 5.57. The lowest BCUT2D eigenvalue weighted by Crippen LogP contribution is -2.41. The number of benzene rings is 2. The molecule has 4 aromatic rings. The van der Waals surface area contributed by atoms with Crippen LogP contribution in [0.2, 0.25) is 5.02 Å². The Morgan fingerprint density at radius 1 is 1.03 bits per heavy atom. The molecule has 2 aromatic carbocycles. The van der Waals surface area contributed by atoms with Crippen molar-refractivity contribution in [3.05, 3.63) is 81.0 Å². The highest BCUT2D eigenvalue weighted by molar-refractivity contribution is 7.83. The molecule has 2 atom stereocenters. The normalized spacial score (nSPS) is 19.5. The molecule has 1 saturated heterocycles. The Labute approximate surface area is 230 Å². The quantitative estimate of drug-likeness (QED) is 0.239. The second kappa shape index (κ2) is 10.4. The van der Waals surface area contributed by atoms with Crippen LogP contribution in [-0.2, 0) is 11.0 Å². The third kappa shape index (κ3) is 4.92. The third-order valence-corrected chi connectivity index (χ3v) is 9.99. The van der Waals surface area contributed by atoms with Crippen LogP contribution in [-0.4, -0.2) is 41.6 Å². The van der Waals surface area contributed by atoms with Gasteiger partial charge in [0.1, 0.15) is 10.8 Å². The van der Waals surface area contributed by atoms with Crippen molar-refractivity contribution in [3.63, 3.8) is 0 Å². The molecular weight excluding hydrogens is 553 g/mol. The summed E-state index contributed by atoms with van der Waals surface area (Å²) < 4.78 is 54.4. The van der Waals surface area contributed by atoms with Gasteiger partial charge < -0.3 is 4.57 Å². The van der Waals surface area contributed by atoms with Crippen molar-refractivity contribution in [2.24, 2.45) is 0 Å².